The van der Waals surface area contributed by atoms with Gasteiger partial charge in [-0.2, -0.15) is 18.3 Å². The molecule has 1 aliphatic rings. The maximum Gasteiger partial charge on any atom is 0.416 e. The van der Waals surface area contributed by atoms with Gasteiger partial charge in [0, 0.05) is 19.3 Å². The van der Waals surface area contributed by atoms with E-state index in [9.17, 15) is 27.6 Å². The van der Waals surface area contributed by atoms with Gasteiger partial charge in [-0.3, -0.25) is 28.0 Å². The predicted octanol–water partition coefficient (Wildman–Crippen LogP) is 5.29. The van der Waals surface area contributed by atoms with Crippen LogP contribution in [0.5, 0.6) is 0 Å². The van der Waals surface area contributed by atoms with Crippen molar-refractivity contribution in [1.82, 2.24) is 28.5 Å². The van der Waals surface area contributed by atoms with Crippen LogP contribution in [0.2, 0.25) is 0 Å². The average molecular weight is 615 g/mol. The highest BCUT2D eigenvalue weighted by atomic mass is 19.4. The molecule has 0 bridgehead atoms. The number of benzene rings is 1. The lowest BCUT2D eigenvalue weighted by Crippen LogP contribution is -2.48. The van der Waals surface area contributed by atoms with Crippen molar-refractivity contribution in [3.05, 3.63) is 68.6 Å². The van der Waals surface area contributed by atoms with Gasteiger partial charge in [0.05, 0.1) is 29.3 Å². The van der Waals surface area contributed by atoms with Crippen molar-refractivity contribution in [1.29, 1.82) is 0 Å². The largest absolute Gasteiger partial charge is 0.443 e. The Morgan fingerprint density at radius 1 is 1.14 bits per heavy atom. The van der Waals surface area contributed by atoms with E-state index in [-0.39, 0.29) is 55.2 Å². The number of fused-ring (bicyclic) bond motifs is 1. The maximum atomic E-state index is 13.7. The Morgan fingerprint density at radius 2 is 1.86 bits per heavy atom. The number of halogens is 3. The van der Waals surface area contributed by atoms with Crippen LogP contribution in [-0.2, 0) is 42.1 Å². The molecule has 1 aromatic carbocycles. The summed E-state index contributed by atoms with van der Waals surface area (Å²) in [6, 6.07) is 4.99. The maximum absolute atomic E-state index is 13.7. The normalized spacial score (nSPS) is 18.6. The molecule has 3 aromatic heterocycles. The number of carbonyl (C=O) groups excluding carboxylic acids is 1. The molecule has 0 spiro atoms. The molecule has 0 aliphatic heterocycles. The smallest absolute Gasteiger partial charge is 0.416 e. The minimum Gasteiger partial charge on any atom is -0.443 e. The number of hydrogen-bond acceptors (Lipinski definition) is 6. The summed E-state index contributed by atoms with van der Waals surface area (Å²) in [4.78, 5) is 45.1. The first-order chi connectivity index (χ1) is 20.8. The minimum absolute atomic E-state index is 0.0528. The van der Waals surface area contributed by atoms with Gasteiger partial charge >= 0.3 is 17.8 Å². The first-order valence-corrected chi connectivity index (χ1v) is 14.9. The number of nitrogens with zero attached hydrogens (tertiary/aromatic N) is 6. The number of hydrogen-bond donors (Lipinski definition) is 0. The lowest BCUT2D eigenvalue weighted by molar-refractivity contribution is -0.173. The van der Waals surface area contributed by atoms with Crippen molar-refractivity contribution >= 4 is 17.1 Å². The minimum atomic E-state index is -4.47. The van der Waals surface area contributed by atoms with Gasteiger partial charge in [-0.15, -0.1) is 0 Å². The number of carbonyl (C=O) groups is 1. The summed E-state index contributed by atoms with van der Waals surface area (Å²) in [5.41, 5.74) is -1.28. The Morgan fingerprint density at radius 3 is 2.48 bits per heavy atom. The van der Waals surface area contributed by atoms with Crippen molar-refractivity contribution < 1.29 is 22.7 Å². The van der Waals surface area contributed by atoms with Crippen molar-refractivity contribution in [2.75, 3.05) is 0 Å². The van der Waals surface area contributed by atoms with Gasteiger partial charge in [0.2, 0.25) is 0 Å². The molecule has 1 saturated carbocycles. The number of aryl methyl sites for hydroxylation is 1. The van der Waals surface area contributed by atoms with Gasteiger partial charge in [-0.1, -0.05) is 39.8 Å². The first kappa shape index (κ1) is 31.3. The standard InChI is InChI=1S/C31H37F3N6O4/c1-6-11-39-27(41)24-26(38(7-2)29(39)43)36-25(40(24)18-44-28(42)30(19(3)4)13-20(5)14-30)22-15-35-37(17-22)16-21-9-8-10-23(12-21)31(32,33)34/h8-10,12,15,17,19-20H,6-7,11,13-14,16,18H2,1-5H3. The molecule has 0 saturated heterocycles. The Labute approximate surface area is 252 Å². The van der Waals surface area contributed by atoms with E-state index in [1.54, 1.807) is 19.2 Å². The molecule has 236 valence electrons. The van der Waals surface area contributed by atoms with Crippen LogP contribution in [0.15, 0.2) is 46.2 Å². The van der Waals surface area contributed by atoms with Crippen LogP contribution < -0.4 is 11.2 Å². The van der Waals surface area contributed by atoms with Crippen LogP contribution >= 0.6 is 0 Å². The zero-order chi connectivity index (χ0) is 32.0. The zero-order valence-electron chi connectivity index (χ0n) is 25.5. The van der Waals surface area contributed by atoms with E-state index in [0.29, 0.717) is 36.3 Å². The van der Waals surface area contributed by atoms with Crippen LogP contribution in [0.1, 0.15) is 65.0 Å². The van der Waals surface area contributed by atoms with E-state index < -0.39 is 28.4 Å². The van der Waals surface area contributed by atoms with Crippen LogP contribution in [0, 0.1) is 17.3 Å². The van der Waals surface area contributed by atoms with Crippen LogP contribution in [0.3, 0.4) is 0 Å². The number of alkyl halides is 3. The molecule has 1 aliphatic carbocycles. The van der Waals surface area contributed by atoms with Crippen LogP contribution in [0.25, 0.3) is 22.6 Å². The van der Waals surface area contributed by atoms with Gasteiger partial charge in [0.1, 0.15) is 5.82 Å². The average Bonchev–Trinajstić information content (AvgIpc) is 3.56. The fraction of sp³-hybridized carbons (Fsp3) is 0.516. The number of aromatic nitrogens is 6. The van der Waals surface area contributed by atoms with E-state index in [2.05, 4.69) is 17.0 Å². The molecule has 5 rings (SSSR count). The third kappa shape index (κ3) is 5.48. The van der Waals surface area contributed by atoms with E-state index in [0.717, 1.165) is 16.7 Å². The molecule has 4 aromatic rings. The summed E-state index contributed by atoms with van der Waals surface area (Å²) in [6.07, 6.45) is 0.581. The highest BCUT2D eigenvalue weighted by Gasteiger charge is 2.51. The fourth-order valence-corrected chi connectivity index (χ4v) is 6.27. The second-order valence-corrected chi connectivity index (χ2v) is 12.0. The Hall–Kier alpha value is -4.16. The highest BCUT2D eigenvalue weighted by molar-refractivity contribution is 5.79. The molecular weight excluding hydrogens is 577 g/mol. The molecule has 0 atom stereocenters. The molecule has 0 amide bonds. The Kier molecular flexibility index (Phi) is 8.34. The number of esters is 1. The lowest BCUT2D eigenvalue weighted by Gasteiger charge is -2.47. The summed E-state index contributed by atoms with van der Waals surface area (Å²) < 4.78 is 51.2. The monoisotopic (exact) mass is 614 g/mol. The molecule has 0 N–H and O–H groups in total. The predicted molar refractivity (Wildman–Crippen MR) is 158 cm³/mol. The number of imidazole rings is 1. The lowest BCUT2D eigenvalue weighted by atomic mass is 9.57. The summed E-state index contributed by atoms with van der Waals surface area (Å²) in [6.45, 7) is 9.91. The molecule has 3 heterocycles. The van der Waals surface area contributed by atoms with E-state index in [1.807, 2.05) is 20.8 Å². The summed E-state index contributed by atoms with van der Waals surface area (Å²) >= 11 is 0. The molecule has 0 radical (unpaired) electrons. The number of ether oxygens (including phenoxy) is 1. The van der Waals surface area contributed by atoms with E-state index in [1.165, 1.54) is 26.1 Å². The first-order valence-electron chi connectivity index (χ1n) is 14.9. The Balaban J connectivity index is 1.58. The summed E-state index contributed by atoms with van der Waals surface area (Å²) in [7, 11) is 0. The third-order valence-corrected chi connectivity index (χ3v) is 8.63. The SMILES string of the molecule is CCCn1c(=O)c2c(nc(-c3cnn(Cc4cccc(C(F)(F)F)c4)c3)n2COC(=O)C2(C(C)C)CC(C)C2)n(CC)c1=O. The van der Waals surface area contributed by atoms with Crippen molar-refractivity contribution in [2.45, 2.75) is 86.4 Å². The van der Waals surface area contributed by atoms with Crippen molar-refractivity contribution in [2.24, 2.45) is 17.3 Å². The van der Waals surface area contributed by atoms with Gasteiger partial charge in [0.15, 0.2) is 17.9 Å². The topological polar surface area (TPSA) is 106 Å². The van der Waals surface area contributed by atoms with E-state index >= 15 is 0 Å². The molecule has 44 heavy (non-hydrogen) atoms. The van der Waals surface area contributed by atoms with Crippen LogP contribution in [-0.4, -0.2) is 34.4 Å². The highest BCUT2D eigenvalue weighted by Crippen LogP contribution is 2.51. The summed E-state index contributed by atoms with van der Waals surface area (Å²) in [5.74, 6) is 0.358. The molecular formula is C31H37F3N6O4. The molecule has 1 fully saturated rings. The van der Waals surface area contributed by atoms with Gasteiger partial charge in [-0.25, -0.2) is 9.78 Å². The fourth-order valence-electron chi connectivity index (χ4n) is 6.27. The second kappa shape index (κ2) is 11.7. The molecule has 13 heteroatoms. The van der Waals surface area contributed by atoms with Crippen LogP contribution in [0.4, 0.5) is 13.2 Å². The zero-order valence-corrected chi connectivity index (χ0v) is 25.5. The quantitative estimate of drug-likeness (QED) is 0.225. The second-order valence-electron chi connectivity index (χ2n) is 12.0. The van der Waals surface area contributed by atoms with Gasteiger partial charge < -0.3 is 4.74 Å². The molecule has 0 unspecified atom stereocenters. The van der Waals surface area contributed by atoms with Crippen molar-refractivity contribution in [3.8, 4) is 11.4 Å². The Bertz CT molecular complexity index is 1810. The van der Waals surface area contributed by atoms with E-state index in [4.69, 9.17) is 4.74 Å². The third-order valence-electron chi connectivity index (χ3n) is 8.63. The number of rotatable bonds is 10. The van der Waals surface area contributed by atoms with Crippen molar-refractivity contribution in [3.63, 3.8) is 0 Å². The summed E-state index contributed by atoms with van der Waals surface area (Å²) in [5, 5.41) is 4.33. The van der Waals surface area contributed by atoms with Gasteiger partial charge in [-0.05, 0) is 55.7 Å². The van der Waals surface area contributed by atoms with Gasteiger partial charge in [0.25, 0.3) is 5.56 Å². The molecule has 10 nitrogen and oxygen atoms in total.